The second kappa shape index (κ2) is 7.69. The lowest BCUT2D eigenvalue weighted by Crippen LogP contribution is -2.32. The Balaban J connectivity index is 1.87. The van der Waals surface area contributed by atoms with Gasteiger partial charge >= 0.3 is 6.03 Å². The first-order valence-corrected chi connectivity index (χ1v) is 7.26. The molecular formula is C17H18F2N2O2. The summed E-state index contributed by atoms with van der Waals surface area (Å²) in [6.45, 7) is 1.84. The van der Waals surface area contributed by atoms with Gasteiger partial charge in [-0.15, -0.1) is 0 Å². The number of amides is 2. The van der Waals surface area contributed by atoms with Crippen LogP contribution < -0.4 is 10.6 Å². The molecule has 0 saturated heterocycles. The standard InChI is InChI=1S/C17H18F2N2O2/c1-2-11-3-6-13(7-4-11)21-17(23)20-10-16(22)14-8-5-12(18)9-15(14)19/h3-9,16,22H,2,10H2,1H3,(H2,20,21,23)/t16-/m1/s1. The molecule has 0 aliphatic heterocycles. The fourth-order valence-corrected chi connectivity index (χ4v) is 2.07. The van der Waals surface area contributed by atoms with E-state index in [1.807, 2.05) is 19.1 Å². The van der Waals surface area contributed by atoms with Crippen LogP contribution in [0.4, 0.5) is 19.3 Å². The highest BCUT2D eigenvalue weighted by Gasteiger charge is 2.14. The Hall–Kier alpha value is -2.47. The number of benzene rings is 2. The van der Waals surface area contributed by atoms with Gasteiger partial charge in [-0.2, -0.15) is 0 Å². The van der Waals surface area contributed by atoms with Crippen molar-refractivity contribution in [2.24, 2.45) is 0 Å². The van der Waals surface area contributed by atoms with Crippen LogP contribution in [0.2, 0.25) is 0 Å². The van der Waals surface area contributed by atoms with E-state index in [1.54, 1.807) is 12.1 Å². The van der Waals surface area contributed by atoms with Crippen LogP contribution in [0, 0.1) is 11.6 Å². The van der Waals surface area contributed by atoms with Gasteiger partial charge in [-0.1, -0.05) is 25.1 Å². The van der Waals surface area contributed by atoms with Crippen molar-refractivity contribution in [3.05, 3.63) is 65.2 Å². The third-order valence-electron chi connectivity index (χ3n) is 3.40. The lowest BCUT2D eigenvalue weighted by Gasteiger charge is -2.14. The van der Waals surface area contributed by atoms with Crippen molar-refractivity contribution < 1.29 is 18.7 Å². The third-order valence-corrected chi connectivity index (χ3v) is 3.40. The number of nitrogens with one attached hydrogen (secondary N) is 2. The van der Waals surface area contributed by atoms with Gasteiger partial charge in [-0.25, -0.2) is 13.6 Å². The van der Waals surface area contributed by atoms with E-state index in [1.165, 1.54) is 0 Å². The van der Waals surface area contributed by atoms with Crippen LogP contribution in [0.5, 0.6) is 0 Å². The zero-order chi connectivity index (χ0) is 16.8. The SMILES string of the molecule is CCc1ccc(NC(=O)NC[C@@H](O)c2ccc(F)cc2F)cc1. The molecule has 0 spiro atoms. The summed E-state index contributed by atoms with van der Waals surface area (Å²) in [7, 11) is 0. The zero-order valence-electron chi connectivity index (χ0n) is 12.6. The molecule has 2 aromatic carbocycles. The smallest absolute Gasteiger partial charge is 0.319 e. The van der Waals surface area contributed by atoms with E-state index in [4.69, 9.17) is 0 Å². The summed E-state index contributed by atoms with van der Waals surface area (Å²) in [5.74, 6) is -1.57. The van der Waals surface area contributed by atoms with E-state index < -0.39 is 23.8 Å². The van der Waals surface area contributed by atoms with Gasteiger partial charge in [0.2, 0.25) is 0 Å². The number of hydrogen-bond acceptors (Lipinski definition) is 2. The Labute approximate surface area is 133 Å². The molecule has 0 aromatic heterocycles. The maximum absolute atomic E-state index is 13.5. The fraction of sp³-hybridized carbons (Fsp3) is 0.235. The van der Waals surface area contributed by atoms with Gasteiger partial charge < -0.3 is 15.7 Å². The topological polar surface area (TPSA) is 61.4 Å². The second-order valence-corrected chi connectivity index (χ2v) is 5.07. The summed E-state index contributed by atoms with van der Waals surface area (Å²) in [5, 5.41) is 14.9. The van der Waals surface area contributed by atoms with E-state index in [0.717, 1.165) is 24.1 Å². The highest BCUT2D eigenvalue weighted by molar-refractivity contribution is 5.89. The maximum Gasteiger partial charge on any atom is 0.319 e. The predicted octanol–water partition coefficient (Wildman–Crippen LogP) is 3.38. The minimum Gasteiger partial charge on any atom is -0.386 e. The number of halogens is 2. The molecule has 6 heteroatoms. The molecule has 0 fully saturated rings. The first-order valence-electron chi connectivity index (χ1n) is 7.26. The summed E-state index contributed by atoms with van der Waals surface area (Å²) >= 11 is 0. The maximum atomic E-state index is 13.5. The highest BCUT2D eigenvalue weighted by atomic mass is 19.1. The molecule has 2 amide bonds. The molecule has 4 nitrogen and oxygen atoms in total. The highest BCUT2D eigenvalue weighted by Crippen LogP contribution is 2.17. The Morgan fingerprint density at radius 2 is 1.87 bits per heavy atom. The minimum absolute atomic E-state index is 0.0704. The lowest BCUT2D eigenvalue weighted by molar-refractivity contribution is 0.170. The van der Waals surface area contributed by atoms with E-state index in [9.17, 15) is 18.7 Å². The summed E-state index contributed by atoms with van der Waals surface area (Å²) in [5.41, 5.74) is 1.69. The monoisotopic (exact) mass is 320 g/mol. The number of hydrogen-bond donors (Lipinski definition) is 3. The molecule has 0 saturated carbocycles. The van der Waals surface area contributed by atoms with E-state index in [2.05, 4.69) is 10.6 Å². The van der Waals surface area contributed by atoms with Crippen molar-refractivity contribution in [2.75, 3.05) is 11.9 Å². The molecule has 0 heterocycles. The van der Waals surface area contributed by atoms with Gasteiger partial charge in [0.05, 0.1) is 6.10 Å². The molecule has 0 aliphatic rings. The first-order chi connectivity index (χ1) is 11.0. The number of rotatable bonds is 5. The lowest BCUT2D eigenvalue weighted by atomic mass is 10.1. The molecule has 0 bridgehead atoms. The molecule has 0 aliphatic carbocycles. The molecule has 2 rings (SSSR count). The zero-order valence-corrected chi connectivity index (χ0v) is 12.6. The van der Waals surface area contributed by atoms with Crippen LogP contribution in [0.3, 0.4) is 0 Å². The largest absolute Gasteiger partial charge is 0.386 e. The van der Waals surface area contributed by atoms with Crippen molar-refractivity contribution in [1.29, 1.82) is 0 Å². The van der Waals surface area contributed by atoms with Gasteiger partial charge in [0.1, 0.15) is 11.6 Å². The first kappa shape index (κ1) is 16.9. The van der Waals surface area contributed by atoms with Crippen molar-refractivity contribution in [3.63, 3.8) is 0 Å². The number of aryl methyl sites for hydroxylation is 1. The predicted molar refractivity (Wildman–Crippen MR) is 84.2 cm³/mol. The molecule has 1 atom stereocenters. The third kappa shape index (κ3) is 4.75. The molecule has 122 valence electrons. The quantitative estimate of drug-likeness (QED) is 0.791. The average Bonchev–Trinajstić information content (AvgIpc) is 2.53. The van der Waals surface area contributed by atoms with Crippen LogP contribution in [0.15, 0.2) is 42.5 Å². The Kier molecular flexibility index (Phi) is 5.65. The van der Waals surface area contributed by atoms with Gasteiger partial charge in [0, 0.05) is 23.9 Å². The minimum atomic E-state index is -1.26. The van der Waals surface area contributed by atoms with Crippen molar-refractivity contribution in [2.45, 2.75) is 19.4 Å². The number of aliphatic hydroxyl groups excluding tert-OH is 1. The molecule has 2 aromatic rings. The fourth-order valence-electron chi connectivity index (χ4n) is 2.07. The van der Waals surface area contributed by atoms with Crippen LogP contribution in [-0.2, 0) is 6.42 Å². The van der Waals surface area contributed by atoms with Gasteiger partial charge in [-0.3, -0.25) is 0 Å². The number of carbonyl (C=O) groups is 1. The molecule has 3 N–H and O–H groups in total. The van der Waals surface area contributed by atoms with Crippen molar-refractivity contribution in [3.8, 4) is 0 Å². The normalized spacial score (nSPS) is 11.8. The van der Waals surface area contributed by atoms with Crippen molar-refractivity contribution >= 4 is 11.7 Å². The molecule has 23 heavy (non-hydrogen) atoms. The summed E-state index contributed by atoms with van der Waals surface area (Å²) in [6.07, 6.45) is -0.356. The molecular weight excluding hydrogens is 302 g/mol. The van der Waals surface area contributed by atoms with Crippen molar-refractivity contribution in [1.82, 2.24) is 5.32 Å². The van der Waals surface area contributed by atoms with Crippen LogP contribution in [0.25, 0.3) is 0 Å². The van der Waals surface area contributed by atoms with Crippen LogP contribution in [-0.4, -0.2) is 17.7 Å². The number of carbonyl (C=O) groups excluding carboxylic acids is 1. The van der Waals surface area contributed by atoms with Gasteiger partial charge in [-0.05, 0) is 30.2 Å². The summed E-state index contributed by atoms with van der Waals surface area (Å²) in [4.78, 5) is 11.8. The van der Waals surface area contributed by atoms with Gasteiger partial charge in [0.15, 0.2) is 0 Å². The van der Waals surface area contributed by atoms with Crippen LogP contribution in [0.1, 0.15) is 24.2 Å². The Bertz CT molecular complexity index is 675. The molecule has 0 unspecified atom stereocenters. The van der Waals surface area contributed by atoms with E-state index in [-0.39, 0.29) is 12.1 Å². The summed E-state index contributed by atoms with van der Waals surface area (Å²) < 4.78 is 26.3. The van der Waals surface area contributed by atoms with E-state index >= 15 is 0 Å². The Morgan fingerprint density at radius 3 is 2.48 bits per heavy atom. The summed E-state index contributed by atoms with van der Waals surface area (Å²) in [6, 6.07) is 9.72. The number of urea groups is 1. The number of aliphatic hydroxyl groups is 1. The average molecular weight is 320 g/mol. The van der Waals surface area contributed by atoms with Crippen LogP contribution >= 0.6 is 0 Å². The number of anilines is 1. The van der Waals surface area contributed by atoms with E-state index in [0.29, 0.717) is 11.8 Å². The second-order valence-electron chi connectivity index (χ2n) is 5.07. The van der Waals surface area contributed by atoms with Gasteiger partial charge in [0.25, 0.3) is 0 Å². The Morgan fingerprint density at radius 1 is 1.17 bits per heavy atom. The molecule has 0 radical (unpaired) electrons.